The molecule has 0 saturated carbocycles. The smallest absolute Gasteiger partial charge is 0.0907 e. The fraction of sp³-hybridized carbons (Fsp3) is 0.700. The second kappa shape index (κ2) is 5.81. The van der Waals surface area contributed by atoms with Gasteiger partial charge in [-0.05, 0) is 12.5 Å². The van der Waals surface area contributed by atoms with E-state index in [1.165, 1.54) is 25.7 Å². The minimum absolute atomic E-state index is 1.04. The Morgan fingerprint density at radius 3 is 2.92 bits per heavy atom. The lowest BCUT2D eigenvalue weighted by molar-refractivity contribution is 0.444. The van der Waals surface area contributed by atoms with E-state index in [0.29, 0.717) is 0 Å². The monoisotopic (exact) mass is 166 g/mol. The molecule has 0 aromatic carbocycles. The maximum absolute atomic E-state index is 4.08. The third-order valence-electron chi connectivity index (χ3n) is 2.06. The number of hydrogen-bond acceptors (Lipinski definition) is 2. The highest BCUT2D eigenvalue weighted by Crippen LogP contribution is 2.01. The molecule has 0 radical (unpaired) electrons. The van der Waals surface area contributed by atoms with Gasteiger partial charge in [-0.1, -0.05) is 26.2 Å². The van der Waals surface area contributed by atoms with E-state index in [2.05, 4.69) is 22.9 Å². The molecule has 0 N–H and O–H groups in total. The first-order valence-electron chi connectivity index (χ1n) is 4.86. The Hall–Kier alpha value is -0.790. The maximum atomic E-state index is 4.08. The highest BCUT2D eigenvalue weighted by atomic mass is 15.1. The summed E-state index contributed by atoms with van der Waals surface area (Å²) in [5, 5.41) is 0. The second-order valence-corrected chi connectivity index (χ2v) is 3.20. The Labute approximate surface area is 75.0 Å². The van der Waals surface area contributed by atoms with Crippen LogP contribution in [0.5, 0.6) is 0 Å². The van der Waals surface area contributed by atoms with Crippen LogP contribution in [0, 0.1) is 0 Å². The predicted molar refractivity (Wildman–Crippen MR) is 53.3 cm³/mol. The predicted octanol–water partition coefficient (Wildman–Crippen LogP) is 2.42. The minimum Gasteiger partial charge on any atom is -0.359 e. The van der Waals surface area contributed by atoms with Crippen LogP contribution in [-0.2, 0) is 0 Å². The van der Waals surface area contributed by atoms with E-state index in [0.717, 1.165) is 13.1 Å². The molecule has 0 unspecified atom stereocenters. The Kier molecular flexibility index (Phi) is 4.50. The van der Waals surface area contributed by atoms with E-state index >= 15 is 0 Å². The molecule has 0 aliphatic carbocycles. The molecule has 68 valence electrons. The zero-order valence-corrected chi connectivity index (χ0v) is 7.87. The molecular weight excluding hydrogens is 148 g/mol. The minimum atomic E-state index is 1.04. The summed E-state index contributed by atoms with van der Waals surface area (Å²) in [5.41, 5.74) is 0. The van der Waals surface area contributed by atoms with E-state index in [4.69, 9.17) is 0 Å². The molecule has 1 aliphatic rings. The summed E-state index contributed by atoms with van der Waals surface area (Å²) in [5.74, 6) is 0. The molecule has 0 amide bonds. The summed E-state index contributed by atoms with van der Waals surface area (Å²) in [6, 6.07) is 0. The van der Waals surface area contributed by atoms with Crippen LogP contribution in [0.15, 0.2) is 17.3 Å². The summed E-state index contributed by atoms with van der Waals surface area (Å²) >= 11 is 0. The van der Waals surface area contributed by atoms with Gasteiger partial charge in [0.05, 0.1) is 6.34 Å². The fourth-order valence-corrected chi connectivity index (χ4v) is 1.31. The van der Waals surface area contributed by atoms with Crippen LogP contribution in [0.3, 0.4) is 0 Å². The lowest BCUT2D eigenvalue weighted by Gasteiger charge is -2.18. The van der Waals surface area contributed by atoms with E-state index in [-0.39, 0.29) is 0 Å². The van der Waals surface area contributed by atoms with Crippen LogP contribution in [0.25, 0.3) is 0 Å². The van der Waals surface area contributed by atoms with Crippen LogP contribution in [0.2, 0.25) is 0 Å². The maximum Gasteiger partial charge on any atom is 0.0907 e. The summed E-state index contributed by atoms with van der Waals surface area (Å²) in [4.78, 5) is 6.34. The van der Waals surface area contributed by atoms with Crippen molar-refractivity contribution in [2.24, 2.45) is 4.99 Å². The van der Waals surface area contributed by atoms with Gasteiger partial charge in [-0.25, -0.2) is 4.99 Å². The molecule has 0 atom stereocenters. The van der Waals surface area contributed by atoms with Crippen LogP contribution in [0.4, 0.5) is 0 Å². The molecule has 12 heavy (non-hydrogen) atoms. The number of aliphatic imine (C=N–C) groups is 1. The van der Waals surface area contributed by atoms with Gasteiger partial charge in [0.15, 0.2) is 0 Å². The summed E-state index contributed by atoms with van der Waals surface area (Å²) in [6.45, 7) is 4.44. The normalized spacial score (nSPS) is 15.6. The summed E-state index contributed by atoms with van der Waals surface area (Å²) < 4.78 is 0. The third-order valence-corrected chi connectivity index (χ3v) is 2.06. The standard InChI is InChI=1S/C10H18N2/c1-2-3-4-5-8-12-9-6-7-11-10-12/h6-7,10H,2-5,8-9H2,1H3. The van der Waals surface area contributed by atoms with Gasteiger partial charge < -0.3 is 4.90 Å². The highest BCUT2D eigenvalue weighted by molar-refractivity contribution is 5.57. The van der Waals surface area contributed by atoms with Gasteiger partial charge in [0.2, 0.25) is 0 Å². The van der Waals surface area contributed by atoms with E-state index in [1.807, 2.05) is 12.5 Å². The number of nitrogens with zero attached hydrogens (tertiary/aromatic N) is 2. The molecule has 1 heterocycles. The topological polar surface area (TPSA) is 15.6 Å². The average Bonchev–Trinajstić information content (AvgIpc) is 2.14. The molecule has 0 aromatic rings. The molecule has 2 nitrogen and oxygen atoms in total. The van der Waals surface area contributed by atoms with Crippen molar-refractivity contribution in [3.63, 3.8) is 0 Å². The molecule has 0 saturated heterocycles. The average molecular weight is 166 g/mol. The van der Waals surface area contributed by atoms with Gasteiger partial charge >= 0.3 is 0 Å². The Morgan fingerprint density at radius 1 is 1.33 bits per heavy atom. The Balaban J connectivity index is 2.00. The van der Waals surface area contributed by atoms with Gasteiger partial charge in [0.1, 0.15) is 0 Å². The zero-order chi connectivity index (χ0) is 8.65. The largest absolute Gasteiger partial charge is 0.359 e. The fourth-order valence-electron chi connectivity index (χ4n) is 1.31. The van der Waals surface area contributed by atoms with Gasteiger partial charge in [-0.2, -0.15) is 0 Å². The quantitative estimate of drug-likeness (QED) is 0.573. The second-order valence-electron chi connectivity index (χ2n) is 3.20. The number of rotatable bonds is 5. The van der Waals surface area contributed by atoms with Gasteiger partial charge in [-0.15, -0.1) is 0 Å². The first-order valence-corrected chi connectivity index (χ1v) is 4.86. The van der Waals surface area contributed by atoms with Crippen molar-refractivity contribution in [2.75, 3.05) is 13.1 Å². The van der Waals surface area contributed by atoms with Crippen molar-refractivity contribution in [3.8, 4) is 0 Å². The van der Waals surface area contributed by atoms with E-state index in [9.17, 15) is 0 Å². The number of hydrogen-bond donors (Lipinski definition) is 0. The molecule has 2 heteroatoms. The van der Waals surface area contributed by atoms with Crippen molar-refractivity contribution < 1.29 is 0 Å². The van der Waals surface area contributed by atoms with Crippen LogP contribution < -0.4 is 0 Å². The molecule has 0 bridgehead atoms. The van der Waals surface area contributed by atoms with Crippen molar-refractivity contribution in [1.29, 1.82) is 0 Å². The highest BCUT2D eigenvalue weighted by Gasteiger charge is 1.98. The summed E-state index contributed by atoms with van der Waals surface area (Å²) in [6.07, 6.45) is 11.2. The zero-order valence-electron chi connectivity index (χ0n) is 7.87. The summed E-state index contributed by atoms with van der Waals surface area (Å²) in [7, 11) is 0. The van der Waals surface area contributed by atoms with Crippen LogP contribution >= 0.6 is 0 Å². The third kappa shape index (κ3) is 3.56. The molecule has 0 spiro atoms. The molecule has 0 fully saturated rings. The Morgan fingerprint density at radius 2 is 2.25 bits per heavy atom. The lowest BCUT2D eigenvalue weighted by Crippen LogP contribution is -2.24. The van der Waals surface area contributed by atoms with Gasteiger partial charge in [0.25, 0.3) is 0 Å². The molecule has 1 aliphatic heterocycles. The van der Waals surface area contributed by atoms with Crippen LogP contribution in [0.1, 0.15) is 32.6 Å². The molecule has 1 rings (SSSR count). The first kappa shape index (κ1) is 9.30. The van der Waals surface area contributed by atoms with E-state index in [1.54, 1.807) is 0 Å². The van der Waals surface area contributed by atoms with Gasteiger partial charge in [-0.3, -0.25) is 0 Å². The van der Waals surface area contributed by atoms with Crippen molar-refractivity contribution in [1.82, 2.24) is 4.90 Å². The number of unbranched alkanes of at least 4 members (excludes halogenated alkanes) is 3. The molecule has 0 aromatic heterocycles. The molecular formula is C10H18N2. The lowest BCUT2D eigenvalue weighted by atomic mass is 10.2. The Bertz CT molecular complexity index is 161. The van der Waals surface area contributed by atoms with Gasteiger partial charge in [0, 0.05) is 19.3 Å². The van der Waals surface area contributed by atoms with Crippen LogP contribution in [-0.4, -0.2) is 24.3 Å². The van der Waals surface area contributed by atoms with Crippen molar-refractivity contribution in [2.45, 2.75) is 32.6 Å². The van der Waals surface area contributed by atoms with E-state index < -0.39 is 0 Å². The first-order chi connectivity index (χ1) is 5.93. The van der Waals surface area contributed by atoms with Crippen molar-refractivity contribution >= 4 is 6.34 Å². The SMILES string of the molecule is CCCCCCN1C=NC=CC1. The van der Waals surface area contributed by atoms with Crippen molar-refractivity contribution in [3.05, 3.63) is 12.3 Å².